The molecule has 1 aromatic heterocycles. The first kappa shape index (κ1) is 22.8. The first-order valence-electron chi connectivity index (χ1n) is 9.05. The van der Waals surface area contributed by atoms with Crippen molar-refractivity contribution in [1.82, 2.24) is 9.47 Å². The Morgan fingerprint density at radius 1 is 1.16 bits per heavy atom. The van der Waals surface area contributed by atoms with Crippen LogP contribution in [-0.4, -0.2) is 47.2 Å². The number of nitrogens with zero attached hydrogens (tertiary/aromatic N) is 6. The summed E-state index contributed by atoms with van der Waals surface area (Å²) >= 11 is 3.23. The van der Waals surface area contributed by atoms with E-state index in [0.29, 0.717) is 0 Å². The number of hydrogen-bond acceptors (Lipinski definition) is 9. The molecular weight excluding hydrogens is 484 g/mol. The minimum absolute atomic E-state index is 0.0341. The van der Waals surface area contributed by atoms with E-state index in [4.69, 9.17) is 4.74 Å². The second-order valence-corrected chi connectivity index (χ2v) is 7.52. The van der Waals surface area contributed by atoms with Crippen molar-refractivity contribution in [3.05, 3.63) is 48.7 Å². The molecule has 0 atom stereocenters. The van der Waals surface area contributed by atoms with Gasteiger partial charge in [-0.15, -0.1) is 10.2 Å². The third-order valence-corrected chi connectivity index (χ3v) is 5.72. The van der Waals surface area contributed by atoms with Crippen LogP contribution in [0.3, 0.4) is 0 Å². The molecule has 1 N–H and O–H groups in total. The molecule has 0 fully saturated rings. The molecule has 0 unspecified atom stereocenters. The SMILES string of the molecule is COCCn1c(O)c(/N=N/c2c(C#N)cc3c(c2Br)C(=O)N(C)C3=O)c(C)c(C#N)c1=O. The number of imide groups is 1. The van der Waals surface area contributed by atoms with Crippen molar-refractivity contribution >= 4 is 39.1 Å². The number of carbonyl (C=O) groups excluding carboxylic acids is 2. The molecule has 32 heavy (non-hydrogen) atoms. The van der Waals surface area contributed by atoms with E-state index >= 15 is 0 Å². The van der Waals surface area contributed by atoms with E-state index in [2.05, 4.69) is 26.2 Å². The van der Waals surface area contributed by atoms with Crippen molar-refractivity contribution in [3.63, 3.8) is 0 Å². The van der Waals surface area contributed by atoms with Crippen LogP contribution >= 0.6 is 15.9 Å². The predicted octanol–water partition coefficient (Wildman–Crippen LogP) is 2.66. The van der Waals surface area contributed by atoms with Crippen molar-refractivity contribution in [2.45, 2.75) is 13.5 Å². The van der Waals surface area contributed by atoms with Gasteiger partial charge in [-0.1, -0.05) is 0 Å². The smallest absolute Gasteiger partial charge is 0.271 e. The second-order valence-electron chi connectivity index (χ2n) is 6.72. The number of carbonyl (C=O) groups is 2. The molecule has 12 heteroatoms. The number of rotatable bonds is 5. The quantitative estimate of drug-likeness (QED) is 0.489. The van der Waals surface area contributed by atoms with Crippen LogP contribution < -0.4 is 5.56 Å². The van der Waals surface area contributed by atoms with E-state index in [1.165, 1.54) is 27.1 Å². The largest absolute Gasteiger partial charge is 0.493 e. The minimum atomic E-state index is -0.706. The lowest BCUT2D eigenvalue weighted by molar-refractivity contribution is 0.0693. The molecule has 1 aliphatic heterocycles. The summed E-state index contributed by atoms with van der Waals surface area (Å²) in [6.45, 7) is 1.49. The van der Waals surface area contributed by atoms with Crippen LogP contribution in [0.25, 0.3) is 0 Å². The Morgan fingerprint density at radius 2 is 1.81 bits per heavy atom. The first-order valence-corrected chi connectivity index (χ1v) is 9.84. The van der Waals surface area contributed by atoms with Crippen LogP contribution in [0.4, 0.5) is 11.4 Å². The standard InChI is InChI=1S/C20H15BrN6O5/c1-9-12(8-23)18(29)27(4-5-32-3)20(31)15(9)24-25-16-10(7-22)6-11-13(14(16)21)19(30)26(2)17(11)28/h6,31H,4-5H2,1-3H3/b25-24+. The van der Waals surface area contributed by atoms with Crippen molar-refractivity contribution in [2.24, 2.45) is 10.2 Å². The van der Waals surface area contributed by atoms with Gasteiger partial charge in [0.25, 0.3) is 17.4 Å². The molecule has 2 aromatic rings. The van der Waals surface area contributed by atoms with Crippen molar-refractivity contribution in [1.29, 1.82) is 10.5 Å². The Balaban J connectivity index is 2.23. The molecule has 0 bridgehead atoms. The summed E-state index contributed by atoms with van der Waals surface area (Å²) in [5.41, 5.74) is -1.00. The van der Waals surface area contributed by atoms with Crippen LogP contribution in [0, 0.1) is 29.6 Å². The third kappa shape index (κ3) is 3.45. The number of halogens is 1. The highest BCUT2D eigenvalue weighted by molar-refractivity contribution is 9.10. The van der Waals surface area contributed by atoms with Gasteiger partial charge in [-0.25, -0.2) is 0 Å². The maximum Gasteiger partial charge on any atom is 0.271 e. The molecule has 1 aliphatic rings. The van der Waals surface area contributed by atoms with Crippen LogP contribution in [0.15, 0.2) is 25.6 Å². The number of pyridine rings is 1. The Bertz CT molecular complexity index is 1350. The van der Waals surface area contributed by atoms with Crippen LogP contribution in [0.1, 0.15) is 37.4 Å². The Morgan fingerprint density at radius 3 is 2.41 bits per heavy atom. The van der Waals surface area contributed by atoms with Gasteiger partial charge >= 0.3 is 0 Å². The Kier molecular flexibility index (Phi) is 6.20. The van der Waals surface area contributed by atoms with Crippen molar-refractivity contribution in [3.8, 4) is 18.0 Å². The van der Waals surface area contributed by atoms with Crippen LogP contribution in [-0.2, 0) is 11.3 Å². The van der Waals surface area contributed by atoms with Gasteiger partial charge < -0.3 is 9.84 Å². The van der Waals surface area contributed by atoms with Gasteiger partial charge in [0.2, 0.25) is 5.88 Å². The lowest BCUT2D eigenvalue weighted by Crippen LogP contribution is -2.25. The zero-order chi connectivity index (χ0) is 23.7. The molecule has 0 saturated carbocycles. The highest BCUT2D eigenvalue weighted by Gasteiger charge is 2.37. The molecule has 0 spiro atoms. The number of hydrogen-bond donors (Lipinski definition) is 1. The predicted molar refractivity (Wildman–Crippen MR) is 113 cm³/mol. The van der Waals surface area contributed by atoms with Crippen LogP contribution in [0.2, 0.25) is 0 Å². The van der Waals surface area contributed by atoms with Gasteiger partial charge in [-0.3, -0.25) is 23.9 Å². The zero-order valence-electron chi connectivity index (χ0n) is 17.1. The fraction of sp³-hybridized carbons (Fsp3) is 0.250. The second kappa shape index (κ2) is 8.70. The maximum atomic E-state index is 12.5. The average molecular weight is 499 g/mol. The highest BCUT2D eigenvalue weighted by Crippen LogP contribution is 2.40. The molecule has 0 saturated heterocycles. The molecule has 11 nitrogen and oxygen atoms in total. The third-order valence-electron chi connectivity index (χ3n) is 4.95. The monoisotopic (exact) mass is 498 g/mol. The van der Waals surface area contributed by atoms with E-state index in [1.807, 2.05) is 6.07 Å². The number of amides is 2. The molecular formula is C20H15BrN6O5. The normalized spacial score (nSPS) is 12.9. The summed E-state index contributed by atoms with van der Waals surface area (Å²) in [4.78, 5) is 38.1. The summed E-state index contributed by atoms with van der Waals surface area (Å²) in [5.74, 6) is -1.66. The number of azo groups is 1. The number of fused-ring (bicyclic) bond motifs is 1. The van der Waals surface area contributed by atoms with Gasteiger partial charge in [0, 0.05) is 19.7 Å². The molecule has 3 rings (SSSR count). The van der Waals surface area contributed by atoms with Gasteiger partial charge in [0.1, 0.15) is 23.4 Å². The van der Waals surface area contributed by atoms with Gasteiger partial charge in [0.05, 0.1) is 34.3 Å². The zero-order valence-corrected chi connectivity index (χ0v) is 18.7. The number of nitriles is 2. The van der Waals surface area contributed by atoms with E-state index in [0.717, 1.165) is 9.47 Å². The fourth-order valence-electron chi connectivity index (χ4n) is 3.19. The van der Waals surface area contributed by atoms with Crippen LogP contribution in [0.5, 0.6) is 5.88 Å². The molecule has 2 heterocycles. The number of benzene rings is 1. The summed E-state index contributed by atoms with van der Waals surface area (Å²) in [6, 6.07) is 4.94. The van der Waals surface area contributed by atoms with Crippen molar-refractivity contribution < 1.29 is 19.4 Å². The van der Waals surface area contributed by atoms with E-state index in [-0.39, 0.29) is 56.8 Å². The number of aromatic nitrogens is 1. The Hall–Kier alpha value is -3.87. The van der Waals surface area contributed by atoms with Gasteiger partial charge in [-0.2, -0.15) is 10.5 Å². The number of methoxy groups -OCH3 is 1. The lowest BCUT2D eigenvalue weighted by atomic mass is 10.0. The fourth-order valence-corrected chi connectivity index (χ4v) is 3.86. The minimum Gasteiger partial charge on any atom is -0.493 e. The lowest BCUT2D eigenvalue weighted by Gasteiger charge is -2.13. The summed E-state index contributed by atoms with van der Waals surface area (Å²) in [5, 5.41) is 37.5. The van der Waals surface area contributed by atoms with E-state index < -0.39 is 23.3 Å². The van der Waals surface area contributed by atoms with E-state index in [1.54, 1.807) is 6.07 Å². The summed E-state index contributed by atoms with van der Waals surface area (Å²) in [6.07, 6.45) is 0. The molecule has 0 aliphatic carbocycles. The van der Waals surface area contributed by atoms with Gasteiger partial charge in [0.15, 0.2) is 5.69 Å². The molecule has 2 amide bonds. The average Bonchev–Trinajstić information content (AvgIpc) is 2.98. The highest BCUT2D eigenvalue weighted by atomic mass is 79.9. The number of aromatic hydroxyl groups is 1. The van der Waals surface area contributed by atoms with Gasteiger partial charge in [-0.05, 0) is 28.9 Å². The maximum absolute atomic E-state index is 12.5. The molecule has 0 radical (unpaired) electrons. The number of ether oxygens (including phenoxy) is 1. The molecule has 162 valence electrons. The van der Waals surface area contributed by atoms with E-state index in [9.17, 15) is 30.0 Å². The first-order chi connectivity index (χ1) is 15.2. The Labute approximate surface area is 189 Å². The topological polar surface area (TPSA) is 161 Å². The molecule has 1 aromatic carbocycles. The summed E-state index contributed by atoms with van der Waals surface area (Å²) in [7, 11) is 2.73. The van der Waals surface area contributed by atoms with Crippen molar-refractivity contribution in [2.75, 3.05) is 20.8 Å². The summed E-state index contributed by atoms with van der Waals surface area (Å²) < 4.78 is 5.95.